The average Bonchev–Trinajstić information content (AvgIpc) is 2.67. The van der Waals surface area contributed by atoms with Crippen LogP contribution in [-0.4, -0.2) is 53.4 Å². The molecule has 3 aliphatic rings. The number of pyridine rings is 1. The van der Waals surface area contributed by atoms with Crippen LogP contribution in [0, 0.1) is 5.92 Å². The predicted octanol–water partition coefficient (Wildman–Crippen LogP) is 1.57. The standard InChI is InChI=1S/C19H26N4O2/c24-18-13-23(16-8-2-1-7-15(16)21-18)19(25)14-6-5-11-22(12-14)17-9-3-4-10-20-17/h3-4,9-10,14-16H,1-2,5-8,11-13H2,(H,21,24)/t14-,15+,16+/m1/s1. The number of hydrogen-bond donors (Lipinski definition) is 1. The zero-order valence-corrected chi connectivity index (χ0v) is 14.6. The van der Waals surface area contributed by atoms with Crippen molar-refractivity contribution in [3.8, 4) is 0 Å². The van der Waals surface area contributed by atoms with E-state index < -0.39 is 0 Å². The Balaban J connectivity index is 1.48. The first-order valence-corrected chi connectivity index (χ1v) is 9.48. The number of rotatable bonds is 2. The van der Waals surface area contributed by atoms with Crippen LogP contribution in [0.15, 0.2) is 24.4 Å². The first-order chi connectivity index (χ1) is 12.2. The smallest absolute Gasteiger partial charge is 0.239 e. The van der Waals surface area contributed by atoms with E-state index in [1.54, 1.807) is 6.20 Å². The number of piperazine rings is 1. The molecule has 2 saturated heterocycles. The molecule has 3 atom stereocenters. The monoisotopic (exact) mass is 342 g/mol. The maximum absolute atomic E-state index is 13.2. The number of aromatic nitrogens is 1. The highest BCUT2D eigenvalue weighted by atomic mass is 16.2. The highest BCUT2D eigenvalue weighted by Gasteiger charge is 2.41. The van der Waals surface area contributed by atoms with Gasteiger partial charge in [0.2, 0.25) is 11.8 Å². The van der Waals surface area contributed by atoms with Gasteiger partial charge in [0.25, 0.3) is 0 Å². The fourth-order valence-corrected chi connectivity index (χ4v) is 4.58. The molecule has 2 amide bonds. The third kappa shape index (κ3) is 3.34. The molecule has 134 valence electrons. The summed E-state index contributed by atoms with van der Waals surface area (Å²) in [6.45, 7) is 1.86. The molecular formula is C19H26N4O2. The Bertz CT molecular complexity index is 636. The topological polar surface area (TPSA) is 65.5 Å². The van der Waals surface area contributed by atoms with Gasteiger partial charge in [0.1, 0.15) is 5.82 Å². The Kier molecular flexibility index (Phi) is 4.59. The van der Waals surface area contributed by atoms with Crippen LogP contribution in [0.5, 0.6) is 0 Å². The second kappa shape index (κ2) is 7.02. The van der Waals surface area contributed by atoms with E-state index in [1.807, 2.05) is 23.1 Å². The quantitative estimate of drug-likeness (QED) is 0.886. The Morgan fingerprint density at radius 1 is 1.16 bits per heavy atom. The average molecular weight is 342 g/mol. The maximum atomic E-state index is 13.2. The van der Waals surface area contributed by atoms with Gasteiger partial charge < -0.3 is 15.1 Å². The maximum Gasteiger partial charge on any atom is 0.239 e. The van der Waals surface area contributed by atoms with Gasteiger partial charge in [0.05, 0.1) is 18.5 Å². The van der Waals surface area contributed by atoms with E-state index in [4.69, 9.17) is 0 Å². The molecule has 2 aliphatic heterocycles. The minimum Gasteiger partial charge on any atom is -0.356 e. The van der Waals surface area contributed by atoms with Gasteiger partial charge in [-0.2, -0.15) is 0 Å². The number of carbonyl (C=O) groups excluding carboxylic acids is 2. The van der Waals surface area contributed by atoms with Crippen molar-refractivity contribution in [3.63, 3.8) is 0 Å². The van der Waals surface area contributed by atoms with Gasteiger partial charge in [-0.1, -0.05) is 18.9 Å². The third-order valence-corrected chi connectivity index (χ3v) is 5.82. The van der Waals surface area contributed by atoms with Crippen LogP contribution in [0.4, 0.5) is 5.82 Å². The van der Waals surface area contributed by atoms with E-state index in [0.717, 1.165) is 50.9 Å². The van der Waals surface area contributed by atoms with Crippen LogP contribution in [0.1, 0.15) is 38.5 Å². The van der Waals surface area contributed by atoms with Crippen LogP contribution in [0.2, 0.25) is 0 Å². The molecule has 0 aromatic carbocycles. The summed E-state index contributed by atoms with van der Waals surface area (Å²) < 4.78 is 0. The predicted molar refractivity (Wildman–Crippen MR) is 95.1 cm³/mol. The lowest BCUT2D eigenvalue weighted by Crippen LogP contribution is -2.64. The van der Waals surface area contributed by atoms with Gasteiger partial charge in [-0.25, -0.2) is 4.98 Å². The zero-order valence-electron chi connectivity index (χ0n) is 14.6. The van der Waals surface area contributed by atoms with Crippen molar-refractivity contribution in [2.45, 2.75) is 50.6 Å². The Labute approximate surface area is 148 Å². The molecule has 6 nitrogen and oxygen atoms in total. The number of anilines is 1. The lowest BCUT2D eigenvalue weighted by Gasteiger charge is -2.46. The summed E-state index contributed by atoms with van der Waals surface area (Å²) >= 11 is 0. The minimum absolute atomic E-state index is 0.00566. The van der Waals surface area contributed by atoms with Crippen LogP contribution in [0.3, 0.4) is 0 Å². The summed E-state index contributed by atoms with van der Waals surface area (Å²) in [5, 5.41) is 3.09. The Morgan fingerprint density at radius 2 is 2.04 bits per heavy atom. The number of hydrogen-bond acceptors (Lipinski definition) is 4. The fraction of sp³-hybridized carbons (Fsp3) is 0.632. The SMILES string of the molecule is O=C1CN(C(=O)[C@@H]2CCCN(c3ccccn3)C2)[C@H]2CCCC[C@@H]2N1. The molecule has 1 aromatic rings. The van der Waals surface area contributed by atoms with Gasteiger partial charge in [-0.3, -0.25) is 9.59 Å². The van der Waals surface area contributed by atoms with Gasteiger partial charge >= 0.3 is 0 Å². The number of nitrogens with one attached hydrogen (secondary N) is 1. The molecule has 4 rings (SSSR count). The van der Waals surface area contributed by atoms with Gasteiger partial charge in [-0.05, 0) is 37.8 Å². The zero-order chi connectivity index (χ0) is 17.2. The molecule has 3 heterocycles. The van der Waals surface area contributed by atoms with Crippen LogP contribution < -0.4 is 10.2 Å². The Morgan fingerprint density at radius 3 is 2.88 bits per heavy atom. The van der Waals surface area contributed by atoms with Gasteiger partial charge in [-0.15, -0.1) is 0 Å². The highest BCUT2D eigenvalue weighted by molar-refractivity contribution is 5.88. The molecule has 1 N–H and O–H groups in total. The molecule has 0 radical (unpaired) electrons. The van der Waals surface area contributed by atoms with Gasteiger partial charge in [0, 0.05) is 25.3 Å². The van der Waals surface area contributed by atoms with Crippen molar-refractivity contribution in [2.75, 3.05) is 24.5 Å². The molecular weight excluding hydrogens is 316 g/mol. The first-order valence-electron chi connectivity index (χ1n) is 9.48. The summed E-state index contributed by atoms with van der Waals surface area (Å²) in [6.07, 6.45) is 7.96. The van der Waals surface area contributed by atoms with Crippen molar-refractivity contribution in [1.82, 2.24) is 15.2 Å². The van der Waals surface area contributed by atoms with Crippen LogP contribution >= 0.6 is 0 Å². The van der Waals surface area contributed by atoms with E-state index in [-0.39, 0.29) is 36.4 Å². The summed E-state index contributed by atoms with van der Waals surface area (Å²) in [6, 6.07) is 6.22. The number of amides is 2. The van der Waals surface area contributed by atoms with E-state index in [2.05, 4.69) is 15.2 Å². The summed E-state index contributed by atoms with van der Waals surface area (Å²) in [5.74, 6) is 1.05. The molecule has 0 unspecified atom stereocenters. The summed E-state index contributed by atoms with van der Waals surface area (Å²) in [5.41, 5.74) is 0. The third-order valence-electron chi connectivity index (χ3n) is 5.82. The molecule has 3 fully saturated rings. The summed E-state index contributed by atoms with van der Waals surface area (Å²) in [4.78, 5) is 33.8. The van der Waals surface area contributed by atoms with Crippen molar-refractivity contribution in [1.29, 1.82) is 0 Å². The number of nitrogens with zero attached hydrogens (tertiary/aromatic N) is 3. The number of fused-ring (bicyclic) bond motifs is 1. The summed E-state index contributed by atoms with van der Waals surface area (Å²) in [7, 11) is 0. The van der Waals surface area contributed by atoms with Crippen LogP contribution in [-0.2, 0) is 9.59 Å². The molecule has 0 bridgehead atoms. The van der Waals surface area contributed by atoms with E-state index in [1.165, 1.54) is 0 Å². The largest absolute Gasteiger partial charge is 0.356 e. The van der Waals surface area contributed by atoms with Gasteiger partial charge in [0.15, 0.2) is 0 Å². The number of piperidine rings is 1. The van der Waals surface area contributed by atoms with Crippen molar-refractivity contribution in [2.24, 2.45) is 5.92 Å². The molecule has 1 saturated carbocycles. The highest BCUT2D eigenvalue weighted by Crippen LogP contribution is 2.29. The number of carbonyl (C=O) groups is 2. The minimum atomic E-state index is -0.0377. The van der Waals surface area contributed by atoms with Crippen molar-refractivity contribution < 1.29 is 9.59 Å². The van der Waals surface area contributed by atoms with Crippen molar-refractivity contribution in [3.05, 3.63) is 24.4 Å². The van der Waals surface area contributed by atoms with E-state index >= 15 is 0 Å². The Hall–Kier alpha value is -2.11. The fourth-order valence-electron chi connectivity index (χ4n) is 4.58. The second-order valence-electron chi connectivity index (χ2n) is 7.47. The van der Waals surface area contributed by atoms with E-state index in [9.17, 15) is 9.59 Å². The van der Waals surface area contributed by atoms with Crippen molar-refractivity contribution >= 4 is 17.6 Å². The molecule has 0 spiro atoms. The lowest BCUT2D eigenvalue weighted by molar-refractivity contribution is -0.147. The normalized spacial score (nSPS) is 29.8. The molecule has 25 heavy (non-hydrogen) atoms. The first kappa shape index (κ1) is 16.4. The molecule has 6 heteroatoms. The van der Waals surface area contributed by atoms with Crippen LogP contribution in [0.25, 0.3) is 0 Å². The van der Waals surface area contributed by atoms with E-state index in [0.29, 0.717) is 6.54 Å². The molecule has 1 aromatic heterocycles. The molecule has 1 aliphatic carbocycles. The second-order valence-corrected chi connectivity index (χ2v) is 7.47. The lowest BCUT2D eigenvalue weighted by atomic mass is 9.86.